The zero-order valence-corrected chi connectivity index (χ0v) is 10.7. The van der Waals surface area contributed by atoms with Crippen molar-refractivity contribution in [1.29, 1.82) is 0 Å². The maximum atomic E-state index is 11.5. The number of carbonyl (C=O) groups excluding carboxylic acids is 1. The number of hydrogen-bond acceptors (Lipinski definition) is 4. The topological polar surface area (TPSA) is 44.8 Å². The molecule has 4 nitrogen and oxygen atoms in total. The van der Waals surface area contributed by atoms with Gasteiger partial charge in [-0.15, -0.1) is 0 Å². The fourth-order valence-corrected chi connectivity index (χ4v) is 2.31. The zero-order chi connectivity index (χ0) is 11.8. The fourth-order valence-electron chi connectivity index (χ4n) is 1.81. The van der Waals surface area contributed by atoms with E-state index in [-0.39, 0.29) is 23.0 Å². The molecule has 2 aliphatic rings. The van der Waals surface area contributed by atoms with E-state index in [4.69, 9.17) is 14.2 Å². The summed E-state index contributed by atoms with van der Waals surface area (Å²) in [7, 11) is 1.38. The number of carbonyl (C=O) groups is 1. The van der Waals surface area contributed by atoms with Crippen LogP contribution in [0, 0.1) is 5.41 Å². The van der Waals surface area contributed by atoms with Crippen LogP contribution in [0.1, 0.15) is 13.3 Å². The van der Waals surface area contributed by atoms with Crippen LogP contribution in [0.3, 0.4) is 0 Å². The first-order chi connectivity index (χ1) is 7.57. The van der Waals surface area contributed by atoms with Crippen molar-refractivity contribution in [3.63, 3.8) is 0 Å². The molecule has 5 heteroatoms. The third-order valence-electron chi connectivity index (χ3n) is 2.87. The second-order valence-corrected chi connectivity index (χ2v) is 5.01. The third-order valence-corrected chi connectivity index (χ3v) is 4.29. The molecule has 0 N–H and O–H groups in total. The maximum Gasteiger partial charge on any atom is 0.320 e. The second-order valence-electron chi connectivity index (χ2n) is 4.10. The first kappa shape index (κ1) is 11.5. The van der Waals surface area contributed by atoms with Gasteiger partial charge >= 0.3 is 5.97 Å². The molecule has 16 heavy (non-hydrogen) atoms. The van der Waals surface area contributed by atoms with Crippen LogP contribution in [-0.4, -0.2) is 24.7 Å². The van der Waals surface area contributed by atoms with Gasteiger partial charge in [0.25, 0.3) is 0 Å². The Morgan fingerprint density at radius 3 is 3.06 bits per heavy atom. The van der Waals surface area contributed by atoms with Crippen molar-refractivity contribution in [2.75, 3.05) is 13.9 Å². The molecule has 1 aliphatic carbocycles. The van der Waals surface area contributed by atoms with Crippen molar-refractivity contribution in [3.05, 3.63) is 23.7 Å². The number of methoxy groups -OCH3 is 1. The minimum absolute atomic E-state index is 0.260. The van der Waals surface area contributed by atoms with Gasteiger partial charge in [-0.2, -0.15) is 0 Å². The summed E-state index contributed by atoms with van der Waals surface area (Å²) < 4.78 is 15.3. The molecule has 0 aromatic heterocycles. The Balaban J connectivity index is 2.17. The normalized spacial score (nSPS) is 29.2. The standard InChI is InChI=1S/C11H13BrO4/c1-11(9(12)10(13)14-2)4-3-7-8(5-11)16-6-15-7/h3-4,9H,5-6H2,1-2H3. The number of rotatable bonds is 2. The van der Waals surface area contributed by atoms with Gasteiger partial charge in [-0.3, -0.25) is 4.79 Å². The van der Waals surface area contributed by atoms with Gasteiger partial charge in [0.1, 0.15) is 10.6 Å². The molecule has 0 radical (unpaired) electrons. The second kappa shape index (κ2) is 4.13. The summed E-state index contributed by atoms with van der Waals surface area (Å²) in [6.07, 6.45) is 4.43. The van der Waals surface area contributed by atoms with Crippen molar-refractivity contribution in [1.82, 2.24) is 0 Å². The predicted octanol–water partition coefficient (Wildman–Crippen LogP) is 2.10. The highest BCUT2D eigenvalue weighted by Crippen LogP contribution is 2.42. The Morgan fingerprint density at radius 1 is 1.62 bits per heavy atom. The van der Waals surface area contributed by atoms with E-state index in [2.05, 4.69) is 15.9 Å². The fraction of sp³-hybridized carbons (Fsp3) is 0.545. The van der Waals surface area contributed by atoms with Crippen molar-refractivity contribution >= 4 is 21.9 Å². The van der Waals surface area contributed by atoms with Crippen molar-refractivity contribution in [3.8, 4) is 0 Å². The van der Waals surface area contributed by atoms with Gasteiger partial charge in [-0.05, 0) is 6.08 Å². The average molecular weight is 289 g/mol. The van der Waals surface area contributed by atoms with E-state index < -0.39 is 0 Å². The van der Waals surface area contributed by atoms with E-state index in [0.717, 1.165) is 11.5 Å². The van der Waals surface area contributed by atoms with Gasteiger partial charge in [0, 0.05) is 11.8 Å². The van der Waals surface area contributed by atoms with Gasteiger partial charge in [0.15, 0.2) is 5.76 Å². The Kier molecular flexibility index (Phi) is 2.97. The lowest BCUT2D eigenvalue weighted by atomic mass is 9.79. The van der Waals surface area contributed by atoms with Crippen molar-refractivity contribution < 1.29 is 19.0 Å². The van der Waals surface area contributed by atoms with Crippen LogP contribution in [0.2, 0.25) is 0 Å². The summed E-state index contributed by atoms with van der Waals surface area (Å²) in [6, 6.07) is 0. The minimum atomic E-state index is -0.389. The Hall–Kier alpha value is -0.970. The van der Waals surface area contributed by atoms with Gasteiger partial charge < -0.3 is 14.2 Å². The smallest absolute Gasteiger partial charge is 0.320 e. The van der Waals surface area contributed by atoms with Gasteiger partial charge in [0.05, 0.1) is 7.11 Å². The number of halogens is 1. The molecule has 88 valence electrons. The molecule has 0 saturated carbocycles. The van der Waals surface area contributed by atoms with Crippen molar-refractivity contribution in [2.45, 2.75) is 18.2 Å². The zero-order valence-electron chi connectivity index (χ0n) is 9.16. The Morgan fingerprint density at radius 2 is 2.38 bits per heavy atom. The summed E-state index contributed by atoms with van der Waals surface area (Å²) in [5.74, 6) is 1.29. The van der Waals surface area contributed by atoms with E-state index in [1.54, 1.807) is 0 Å². The molecular formula is C11H13BrO4. The summed E-state index contributed by atoms with van der Waals surface area (Å²) in [5, 5.41) is 0. The summed E-state index contributed by atoms with van der Waals surface area (Å²) in [4.78, 5) is 11.1. The molecule has 0 aromatic carbocycles. The highest BCUT2D eigenvalue weighted by molar-refractivity contribution is 9.10. The first-order valence-electron chi connectivity index (χ1n) is 4.97. The van der Waals surface area contributed by atoms with Gasteiger partial charge in [0.2, 0.25) is 6.79 Å². The summed E-state index contributed by atoms with van der Waals surface area (Å²) >= 11 is 3.37. The SMILES string of the molecule is COC(=O)C(Br)C1(C)C=CC2=C(C1)OCO2. The maximum absolute atomic E-state index is 11.5. The van der Waals surface area contributed by atoms with E-state index in [0.29, 0.717) is 6.42 Å². The highest BCUT2D eigenvalue weighted by atomic mass is 79.9. The highest BCUT2D eigenvalue weighted by Gasteiger charge is 2.41. The van der Waals surface area contributed by atoms with Crippen LogP contribution in [0.4, 0.5) is 0 Å². The molecule has 1 heterocycles. The number of hydrogen-bond donors (Lipinski definition) is 0. The molecule has 0 saturated heterocycles. The quantitative estimate of drug-likeness (QED) is 0.577. The first-order valence-corrected chi connectivity index (χ1v) is 5.88. The number of allylic oxidation sites excluding steroid dienone is 3. The van der Waals surface area contributed by atoms with Crippen LogP contribution in [-0.2, 0) is 19.0 Å². The number of alkyl halides is 1. The van der Waals surface area contributed by atoms with E-state index in [1.165, 1.54) is 7.11 Å². The monoisotopic (exact) mass is 288 g/mol. The van der Waals surface area contributed by atoms with E-state index in [9.17, 15) is 4.79 Å². The van der Waals surface area contributed by atoms with Crippen LogP contribution >= 0.6 is 15.9 Å². The Bertz CT molecular complexity index is 374. The molecule has 2 unspecified atom stereocenters. The molecule has 2 atom stereocenters. The molecular weight excluding hydrogens is 276 g/mol. The van der Waals surface area contributed by atoms with E-state index >= 15 is 0 Å². The number of esters is 1. The molecule has 0 spiro atoms. The van der Waals surface area contributed by atoms with Crippen LogP contribution in [0.25, 0.3) is 0 Å². The lowest BCUT2D eigenvalue weighted by Gasteiger charge is -2.31. The third kappa shape index (κ3) is 1.84. The summed E-state index contributed by atoms with van der Waals surface area (Å²) in [6.45, 7) is 2.24. The molecule has 2 rings (SSSR count). The largest absolute Gasteiger partial charge is 0.468 e. The predicted molar refractivity (Wildman–Crippen MR) is 60.7 cm³/mol. The summed E-state index contributed by atoms with van der Waals surface area (Å²) in [5.41, 5.74) is -0.348. The molecule has 0 aromatic rings. The number of ether oxygens (including phenoxy) is 3. The Labute approximate surface area is 102 Å². The minimum Gasteiger partial charge on any atom is -0.468 e. The molecule has 1 aliphatic heterocycles. The average Bonchev–Trinajstić information content (AvgIpc) is 2.73. The van der Waals surface area contributed by atoms with Gasteiger partial charge in [-0.1, -0.05) is 28.9 Å². The van der Waals surface area contributed by atoms with Crippen molar-refractivity contribution in [2.24, 2.45) is 5.41 Å². The van der Waals surface area contributed by atoms with Crippen LogP contribution in [0.5, 0.6) is 0 Å². The lowest BCUT2D eigenvalue weighted by Crippen LogP contribution is -2.35. The van der Waals surface area contributed by atoms with E-state index in [1.807, 2.05) is 19.1 Å². The van der Waals surface area contributed by atoms with Gasteiger partial charge in [-0.25, -0.2) is 0 Å². The van der Waals surface area contributed by atoms with Crippen LogP contribution in [0.15, 0.2) is 23.7 Å². The molecule has 0 bridgehead atoms. The molecule has 0 amide bonds. The van der Waals surface area contributed by atoms with Crippen LogP contribution < -0.4 is 0 Å². The lowest BCUT2D eigenvalue weighted by molar-refractivity contribution is -0.141. The molecule has 0 fully saturated rings.